The van der Waals surface area contributed by atoms with Crippen LogP contribution in [-0.2, 0) is 26.0 Å². The lowest BCUT2D eigenvalue weighted by Gasteiger charge is -2.15. The van der Waals surface area contributed by atoms with Gasteiger partial charge in [0.05, 0.1) is 25.5 Å². The van der Waals surface area contributed by atoms with Crippen LogP contribution in [0.15, 0.2) is 56.5 Å². The molecule has 2 aromatic carbocycles. The normalized spacial score (nSPS) is 11.5. The summed E-state index contributed by atoms with van der Waals surface area (Å²) in [7, 11) is -3.91. The molecule has 3 rings (SSSR count). The monoisotopic (exact) mass is 506 g/mol. The molecule has 0 atom stereocenters. The number of aromatic hydroxyl groups is 1. The Morgan fingerprint density at radius 3 is 2.61 bits per heavy atom. The van der Waals surface area contributed by atoms with Gasteiger partial charge in [0.1, 0.15) is 18.2 Å². The summed E-state index contributed by atoms with van der Waals surface area (Å²) < 4.78 is 32.7. The fraction of sp³-hybridized carbons (Fsp3) is 0.182. The number of benzene rings is 2. The van der Waals surface area contributed by atoms with E-state index in [0.717, 1.165) is 11.3 Å². The van der Waals surface area contributed by atoms with E-state index in [-0.39, 0.29) is 28.0 Å². The number of nitrogen functional groups attached to an aromatic ring is 1. The third-order valence-corrected chi connectivity index (χ3v) is 9.06. The predicted molar refractivity (Wildman–Crippen MR) is 128 cm³/mol. The van der Waals surface area contributed by atoms with Crippen molar-refractivity contribution in [1.82, 2.24) is 0 Å². The maximum absolute atomic E-state index is 13.5. The van der Waals surface area contributed by atoms with E-state index in [1.807, 2.05) is 0 Å². The summed E-state index contributed by atoms with van der Waals surface area (Å²) in [6.45, 7) is 1.19. The van der Waals surface area contributed by atoms with Gasteiger partial charge in [-0.2, -0.15) is 0 Å². The van der Waals surface area contributed by atoms with E-state index < -0.39 is 22.4 Å². The fourth-order valence-corrected chi connectivity index (χ4v) is 7.28. The number of sulfone groups is 1. The number of amidine groups is 1. The standard InChI is InChI=1S/C22H22N2O6S3/c1-12-6-15(25)7-14(10-30-11-19(26)27)20(12)13-4-3-5-16(8-13)33(28,29)18-9-17(21(23)24)32-22(18)31-2/h3-9,25H,10-11H2,1-2H3,(H3,23,24)(H,26,27). The Bertz CT molecular complexity index is 1330. The van der Waals surface area contributed by atoms with Gasteiger partial charge in [-0.25, -0.2) is 13.2 Å². The largest absolute Gasteiger partial charge is 0.508 e. The Morgan fingerprint density at radius 2 is 1.97 bits per heavy atom. The molecule has 5 N–H and O–H groups in total. The van der Waals surface area contributed by atoms with E-state index in [1.165, 1.54) is 36.0 Å². The van der Waals surface area contributed by atoms with Gasteiger partial charge in [0.15, 0.2) is 0 Å². The first-order chi connectivity index (χ1) is 15.5. The summed E-state index contributed by atoms with van der Waals surface area (Å²) in [5.41, 5.74) is 7.99. The predicted octanol–water partition coefficient (Wildman–Crippen LogP) is 3.87. The van der Waals surface area contributed by atoms with Crippen LogP contribution in [0.3, 0.4) is 0 Å². The second-order valence-corrected chi connectivity index (χ2v) is 11.1. The molecule has 8 nitrogen and oxygen atoms in total. The second-order valence-electron chi connectivity index (χ2n) is 7.09. The molecule has 0 saturated carbocycles. The smallest absolute Gasteiger partial charge is 0.329 e. The van der Waals surface area contributed by atoms with Gasteiger partial charge in [-0.05, 0) is 65.8 Å². The Balaban J connectivity index is 2.10. The molecule has 0 saturated heterocycles. The van der Waals surface area contributed by atoms with Gasteiger partial charge in [-0.3, -0.25) is 5.41 Å². The van der Waals surface area contributed by atoms with E-state index in [0.29, 0.717) is 31.3 Å². The second kappa shape index (κ2) is 9.96. The average molecular weight is 507 g/mol. The van der Waals surface area contributed by atoms with Crippen LogP contribution >= 0.6 is 23.1 Å². The van der Waals surface area contributed by atoms with Gasteiger partial charge in [-0.1, -0.05) is 12.1 Å². The highest BCUT2D eigenvalue weighted by Gasteiger charge is 2.25. The summed E-state index contributed by atoms with van der Waals surface area (Å²) in [5.74, 6) is -1.32. The Labute approximate surface area is 199 Å². The summed E-state index contributed by atoms with van der Waals surface area (Å²) >= 11 is 2.42. The molecule has 0 unspecified atom stereocenters. The molecule has 0 amide bonds. The van der Waals surface area contributed by atoms with Crippen LogP contribution < -0.4 is 5.73 Å². The molecule has 11 heteroatoms. The topological polar surface area (TPSA) is 151 Å². The van der Waals surface area contributed by atoms with Gasteiger partial charge >= 0.3 is 5.97 Å². The number of hydrogen-bond donors (Lipinski definition) is 4. The molecule has 3 aromatic rings. The minimum absolute atomic E-state index is 0.00593. The molecular formula is C22H22N2O6S3. The minimum Gasteiger partial charge on any atom is -0.508 e. The average Bonchev–Trinajstić information content (AvgIpc) is 3.19. The van der Waals surface area contributed by atoms with Crippen molar-refractivity contribution in [3.8, 4) is 16.9 Å². The van der Waals surface area contributed by atoms with Gasteiger partial charge in [0, 0.05) is 0 Å². The molecule has 0 spiro atoms. The van der Waals surface area contributed by atoms with E-state index in [9.17, 15) is 18.3 Å². The minimum atomic E-state index is -3.91. The van der Waals surface area contributed by atoms with E-state index >= 15 is 0 Å². The molecule has 1 heterocycles. The van der Waals surface area contributed by atoms with Crippen molar-refractivity contribution >= 4 is 44.7 Å². The lowest BCUT2D eigenvalue weighted by atomic mass is 9.95. The molecule has 0 bridgehead atoms. The number of aryl methyl sites for hydroxylation is 1. The summed E-state index contributed by atoms with van der Waals surface area (Å²) in [5, 5.41) is 26.5. The van der Waals surface area contributed by atoms with Gasteiger partial charge in [0.2, 0.25) is 9.84 Å². The van der Waals surface area contributed by atoms with Crippen molar-refractivity contribution in [3.63, 3.8) is 0 Å². The Morgan fingerprint density at radius 1 is 1.24 bits per heavy atom. The molecule has 0 aliphatic rings. The Kier molecular flexibility index (Phi) is 7.48. The zero-order chi connectivity index (χ0) is 24.3. The van der Waals surface area contributed by atoms with E-state index in [2.05, 4.69) is 0 Å². The number of phenols is 1. The maximum atomic E-state index is 13.5. The molecule has 1 aromatic heterocycles. The lowest BCUT2D eigenvalue weighted by Crippen LogP contribution is -2.09. The first-order valence-corrected chi connectivity index (χ1v) is 13.1. The highest BCUT2D eigenvalue weighted by molar-refractivity contribution is 8.01. The SMILES string of the molecule is CSc1sc(C(=N)N)cc1S(=O)(=O)c1cccc(-c2c(C)cc(O)cc2COCC(=O)O)c1. The van der Waals surface area contributed by atoms with Crippen LogP contribution in [0.5, 0.6) is 5.75 Å². The zero-order valence-corrected chi connectivity index (χ0v) is 20.2. The number of nitrogens with two attached hydrogens (primary N) is 1. The molecule has 0 radical (unpaired) electrons. The van der Waals surface area contributed by atoms with Crippen molar-refractivity contribution in [1.29, 1.82) is 5.41 Å². The number of thioether (sulfide) groups is 1. The quantitative estimate of drug-likeness (QED) is 0.194. The van der Waals surface area contributed by atoms with Crippen LogP contribution in [0, 0.1) is 12.3 Å². The molecular weight excluding hydrogens is 484 g/mol. The third kappa shape index (κ3) is 5.38. The number of carboxylic acid groups (broad SMARTS) is 1. The summed E-state index contributed by atoms with van der Waals surface area (Å²) in [6, 6.07) is 10.8. The molecule has 0 aliphatic carbocycles. The molecule has 174 valence electrons. The summed E-state index contributed by atoms with van der Waals surface area (Å²) in [6.07, 6.45) is 1.76. The van der Waals surface area contributed by atoms with Crippen molar-refractivity contribution in [2.45, 2.75) is 27.5 Å². The van der Waals surface area contributed by atoms with Crippen LogP contribution in [0.25, 0.3) is 11.1 Å². The van der Waals surface area contributed by atoms with Crippen molar-refractivity contribution < 1.29 is 28.2 Å². The Hall–Kier alpha value is -2.86. The number of phenolic OH excluding ortho intramolecular Hbond substituents is 1. The maximum Gasteiger partial charge on any atom is 0.329 e. The number of ether oxygens (including phenoxy) is 1. The van der Waals surface area contributed by atoms with Crippen molar-refractivity contribution in [2.75, 3.05) is 12.9 Å². The summed E-state index contributed by atoms with van der Waals surface area (Å²) in [4.78, 5) is 11.3. The number of carbonyl (C=O) groups is 1. The first-order valence-electron chi connectivity index (χ1n) is 9.54. The number of aliphatic carboxylic acids is 1. The number of hydrogen-bond acceptors (Lipinski definition) is 8. The van der Waals surface area contributed by atoms with Crippen molar-refractivity contribution in [2.24, 2.45) is 5.73 Å². The van der Waals surface area contributed by atoms with Gasteiger partial charge < -0.3 is 20.7 Å². The van der Waals surface area contributed by atoms with Crippen molar-refractivity contribution in [3.05, 3.63) is 58.5 Å². The number of thiophene rings is 1. The first kappa shape index (κ1) is 24.8. The zero-order valence-electron chi connectivity index (χ0n) is 17.8. The molecule has 0 aliphatic heterocycles. The highest BCUT2D eigenvalue weighted by atomic mass is 32.2. The number of carboxylic acids is 1. The van der Waals surface area contributed by atoms with E-state index in [4.69, 9.17) is 21.0 Å². The van der Waals surface area contributed by atoms with Gasteiger partial charge in [-0.15, -0.1) is 23.1 Å². The van der Waals surface area contributed by atoms with E-state index in [1.54, 1.807) is 31.4 Å². The van der Waals surface area contributed by atoms with Crippen LogP contribution in [0.4, 0.5) is 0 Å². The van der Waals surface area contributed by atoms with Gasteiger partial charge in [0.25, 0.3) is 0 Å². The van der Waals surface area contributed by atoms with Crippen LogP contribution in [0.1, 0.15) is 16.0 Å². The molecule has 0 fully saturated rings. The number of nitrogens with one attached hydrogen (secondary N) is 1. The third-order valence-electron chi connectivity index (χ3n) is 4.72. The fourth-order valence-electron chi connectivity index (χ4n) is 3.38. The van der Waals surface area contributed by atoms with Crippen LogP contribution in [-0.4, -0.2) is 43.3 Å². The number of rotatable bonds is 9. The lowest BCUT2D eigenvalue weighted by molar-refractivity contribution is -0.142. The highest BCUT2D eigenvalue weighted by Crippen LogP contribution is 2.38. The molecule has 33 heavy (non-hydrogen) atoms. The van der Waals surface area contributed by atoms with Crippen LogP contribution in [0.2, 0.25) is 0 Å².